The number of hydrogen-bond acceptors (Lipinski definition) is 1. The predicted molar refractivity (Wildman–Crippen MR) is 61.1 cm³/mol. The van der Waals surface area contributed by atoms with Gasteiger partial charge in [0, 0.05) is 5.69 Å². The highest BCUT2D eigenvalue weighted by Gasteiger charge is 2.30. The van der Waals surface area contributed by atoms with Gasteiger partial charge in [-0.05, 0) is 30.3 Å². The van der Waals surface area contributed by atoms with Gasteiger partial charge in [-0.3, -0.25) is 0 Å². The quantitative estimate of drug-likeness (QED) is 0.780. The van der Waals surface area contributed by atoms with Crippen LogP contribution in [0.25, 0.3) is 0 Å². The van der Waals surface area contributed by atoms with E-state index >= 15 is 0 Å². The number of benzene rings is 2. The Hall–Kier alpha value is -2.11. The molecule has 0 fully saturated rings. The van der Waals surface area contributed by atoms with Crippen molar-refractivity contribution >= 4 is 11.4 Å². The Balaban J connectivity index is 2.34. The van der Waals surface area contributed by atoms with Gasteiger partial charge in [-0.15, -0.1) is 0 Å². The van der Waals surface area contributed by atoms with E-state index in [0.29, 0.717) is 0 Å². The van der Waals surface area contributed by atoms with E-state index in [1.54, 1.807) is 0 Å². The fourth-order valence-corrected chi connectivity index (χ4v) is 1.53. The minimum Gasteiger partial charge on any atom is -0.351 e. The Morgan fingerprint density at radius 3 is 2.00 bits per heavy atom. The molecular formula is C13H8F5N. The number of anilines is 2. The van der Waals surface area contributed by atoms with Gasteiger partial charge in [0.1, 0.15) is 17.3 Å². The molecule has 0 saturated heterocycles. The van der Waals surface area contributed by atoms with Gasteiger partial charge >= 0.3 is 6.18 Å². The molecule has 0 bridgehead atoms. The van der Waals surface area contributed by atoms with Crippen LogP contribution < -0.4 is 5.32 Å². The van der Waals surface area contributed by atoms with Gasteiger partial charge in [-0.25, -0.2) is 8.78 Å². The molecule has 0 spiro atoms. The van der Waals surface area contributed by atoms with Gasteiger partial charge < -0.3 is 5.32 Å². The van der Waals surface area contributed by atoms with E-state index in [-0.39, 0.29) is 5.69 Å². The van der Waals surface area contributed by atoms with E-state index in [2.05, 4.69) is 5.32 Å². The third-order valence-electron chi connectivity index (χ3n) is 2.42. The molecule has 0 aliphatic carbocycles. The zero-order valence-electron chi connectivity index (χ0n) is 9.43. The molecule has 0 aliphatic heterocycles. The summed E-state index contributed by atoms with van der Waals surface area (Å²) in [6, 6.07) is 7.31. The summed E-state index contributed by atoms with van der Waals surface area (Å²) < 4.78 is 64.2. The van der Waals surface area contributed by atoms with Gasteiger partial charge in [-0.2, -0.15) is 13.2 Å². The fourth-order valence-electron chi connectivity index (χ4n) is 1.53. The molecule has 0 unspecified atom stereocenters. The summed E-state index contributed by atoms with van der Waals surface area (Å²) >= 11 is 0. The maximum atomic E-state index is 13.3. The average molecular weight is 273 g/mol. The summed E-state index contributed by atoms with van der Waals surface area (Å²) in [4.78, 5) is 0. The standard InChI is InChI=1S/C13H8F5N/c14-10-5-2-6-11(15)12(10)19-9-4-1-3-8(7-9)13(16,17)18/h1-7,19H. The highest BCUT2D eigenvalue weighted by atomic mass is 19.4. The van der Waals surface area contributed by atoms with Crippen molar-refractivity contribution in [1.82, 2.24) is 0 Å². The van der Waals surface area contributed by atoms with Gasteiger partial charge in [0.05, 0.1) is 5.56 Å². The zero-order valence-corrected chi connectivity index (χ0v) is 9.43. The first kappa shape index (κ1) is 13.3. The highest BCUT2D eigenvalue weighted by Crippen LogP contribution is 2.32. The van der Waals surface area contributed by atoms with Crippen molar-refractivity contribution < 1.29 is 22.0 Å². The van der Waals surface area contributed by atoms with E-state index in [1.807, 2.05) is 0 Å². The van der Waals surface area contributed by atoms with Gasteiger partial charge in [0.15, 0.2) is 0 Å². The normalized spacial score (nSPS) is 11.4. The number of para-hydroxylation sites is 1. The van der Waals surface area contributed by atoms with Crippen LogP contribution in [0, 0.1) is 11.6 Å². The third-order valence-corrected chi connectivity index (χ3v) is 2.42. The number of rotatable bonds is 2. The number of nitrogens with one attached hydrogen (secondary N) is 1. The number of halogens is 5. The van der Waals surface area contributed by atoms with Crippen molar-refractivity contribution in [2.45, 2.75) is 6.18 Å². The monoisotopic (exact) mass is 273 g/mol. The van der Waals surface area contributed by atoms with E-state index < -0.39 is 29.1 Å². The van der Waals surface area contributed by atoms with E-state index in [1.165, 1.54) is 12.1 Å². The molecule has 2 aromatic rings. The minimum absolute atomic E-state index is 0.0428. The average Bonchev–Trinajstić information content (AvgIpc) is 2.33. The molecule has 0 amide bonds. The summed E-state index contributed by atoms with van der Waals surface area (Å²) in [5.41, 5.74) is -1.42. The molecule has 0 saturated carbocycles. The number of alkyl halides is 3. The Morgan fingerprint density at radius 2 is 1.42 bits per heavy atom. The summed E-state index contributed by atoms with van der Waals surface area (Å²) in [5.74, 6) is -1.75. The van der Waals surface area contributed by atoms with E-state index in [0.717, 1.165) is 30.3 Å². The molecule has 0 aromatic heterocycles. The lowest BCUT2D eigenvalue weighted by Crippen LogP contribution is -2.05. The maximum Gasteiger partial charge on any atom is 0.416 e. The first-order chi connectivity index (χ1) is 8.88. The highest BCUT2D eigenvalue weighted by molar-refractivity contribution is 5.61. The molecule has 0 atom stereocenters. The van der Waals surface area contributed by atoms with Crippen LogP contribution in [-0.2, 0) is 6.18 Å². The van der Waals surface area contributed by atoms with Crippen molar-refractivity contribution in [2.75, 3.05) is 5.32 Å². The second-order valence-electron chi connectivity index (χ2n) is 3.80. The Kier molecular flexibility index (Phi) is 3.42. The molecule has 19 heavy (non-hydrogen) atoms. The zero-order chi connectivity index (χ0) is 14.0. The molecule has 0 radical (unpaired) electrons. The van der Waals surface area contributed by atoms with E-state index in [9.17, 15) is 22.0 Å². The SMILES string of the molecule is Fc1cccc(F)c1Nc1cccc(C(F)(F)F)c1. The molecule has 100 valence electrons. The van der Waals surface area contributed by atoms with E-state index in [4.69, 9.17) is 0 Å². The summed E-state index contributed by atoms with van der Waals surface area (Å²) in [6.07, 6.45) is -4.51. The lowest BCUT2D eigenvalue weighted by molar-refractivity contribution is -0.137. The molecular weight excluding hydrogens is 265 g/mol. The third kappa shape index (κ3) is 3.01. The fraction of sp³-hybridized carbons (Fsp3) is 0.0769. The van der Waals surface area contributed by atoms with Crippen molar-refractivity contribution in [3.05, 3.63) is 59.7 Å². The maximum absolute atomic E-state index is 13.3. The van der Waals surface area contributed by atoms with Crippen LogP contribution >= 0.6 is 0 Å². The lowest BCUT2D eigenvalue weighted by Gasteiger charge is -2.11. The van der Waals surface area contributed by atoms with Crippen LogP contribution in [0.3, 0.4) is 0 Å². The molecule has 2 aromatic carbocycles. The van der Waals surface area contributed by atoms with Gasteiger partial charge in [0.2, 0.25) is 0 Å². The van der Waals surface area contributed by atoms with Crippen molar-refractivity contribution in [2.24, 2.45) is 0 Å². The smallest absolute Gasteiger partial charge is 0.351 e. The largest absolute Gasteiger partial charge is 0.416 e. The van der Waals surface area contributed by atoms with Crippen LogP contribution in [0.2, 0.25) is 0 Å². The Labute approximate surface area is 105 Å². The molecule has 1 nitrogen and oxygen atoms in total. The second-order valence-corrected chi connectivity index (χ2v) is 3.80. The summed E-state index contributed by atoms with van der Waals surface area (Å²) in [6.45, 7) is 0. The summed E-state index contributed by atoms with van der Waals surface area (Å²) in [5, 5.41) is 2.30. The first-order valence-corrected chi connectivity index (χ1v) is 5.26. The topological polar surface area (TPSA) is 12.0 Å². The van der Waals surface area contributed by atoms with Crippen molar-refractivity contribution in [3.63, 3.8) is 0 Å². The minimum atomic E-state index is -4.51. The lowest BCUT2D eigenvalue weighted by atomic mass is 10.2. The van der Waals surface area contributed by atoms with Crippen LogP contribution in [0.4, 0.5) is 33.3 Å². The van der Waals surface area contributed by atoms with Crippen LogP contribution in [0.15, 0.2) is 42.5 Å². The van der Waals surface area contributed by atoms with Crippen LogP contribution in [0.1, 0.15) is 5.56 Å². The predicted octanol–water partition coefficient (Wildman–Crippen LogP) is 4.73. The van der Waals surface area contributed by atoms with Crippen LogP contribution in [-0.4, -0.2) is 0 Å². The molecule has 0 heterocycles. The molecule has 1 N–H and O–H groups in total. The van der Waals surface area contributed by atoms with Crippen LogP contribution in [0.5, 0.6) is 0 Å². The van der Waals surface area contributed by atoms with Gasteiger partial charge in [-0.1, -0.05) is 12.1 Å². The molecule has 2 rings (SSSR count). The first-order valence-electron chi connectivity index (χ1n) is 5.26. The summed E-state index contributed by atoms with van der Waals surface area (Å²) in [7, 11) is 0. The van der Waals surface area contributed by atoms with Crippen molar-refractivity contribution in [3.8, 4) is 0 Å². The Morgan fingerprint density at radius 1 is 0.842 bits per heavy atom. The second kappa shape index (κ2) is 4.87. The van der Waals surface area contributed by atoms with Crippen molar-refractivity contribution in [1.29, 1.82) is 0 Å². The number of hydrogen-bond donors (Lipinski definition) is 1. The Bertz CT molecular complexity index is 572. The molecule has 0 aliphatic rings. The van der Waals surface area contributed by atoms with Gasteiger partial charge in [0.25, 0.3) is 0 Å². The molecule has 6 heteroatoms.